The highest BCUT2D eigenvalue weighted by atomic mass is 19.4. The summed E-state index contributed by atoms with van der Waals surface area (Å²) in [7, 11) is 0. The van der Waals surface area contributed by atoms with Crippen LogP contribution in [0.4, 0.5) is 18.0 Å². The molecule has 0 aromatic carbocycles. The maximum atomic E-state index is 12.7. The minimum atomic E-state index is -4.61. The average Bonchev–Trinajstić information content (AvgIpc) is 3.36. The van der Waals surface area contributed by atoms with Crippen molar-refractivity contribution in [3.63, 3.8) is 0 Å². The minimum absolute atomic E-state index is 0.0497. The molecule has 2 amide bonds. The molecule has 0 bridgehead atoms. The second-order valence-electron chi connectivity index (χ2n) is 8.38. The van der Waals surface area contributed by atoms with Crippen LogP contribution in [-0.4, -0.2) is 46.3 Å². The van der Waals surface area contributed by atoms with Crippen molar-refractivity contribution in [3.8, 4) is 0 Å². The first-order chi connectivity index (χ1) is 15.1. The van der Waals surface area contributed by atoms with Crippen LogP contribution in [0.25, 0.3) is 0 Å². The number of hydrazine groups is 1. The maximum Gasteiger partial charge on any atom is 0.434 e. The van der Waals surface area contributed by atoms with Crippen molar-refractivity contribution in [1.82, 2.24) is 31.5 Å². The van der Waals surface area contributed by atoms with E-state index in [2.05, 4.69) is 31.5 Å². The van der Waals surface area contributed by atoms with E-state index < -0.39 is 23.9 Å². The number of aromatic nitrogens is 2. The second kappa shape index (κ2) is 10.4. The van der Waals surface area contributed by atoms with Crippen molar-refractivity contribution in [1.29, 1.82) is 0 Å². The van der Waals surface area contributed by atoms with Gasteiger partial charge in [0.25, 0.3) is 0 Å². The summed E-state index contributed by atoms with van der Waals surface area (Å²) in [5, 5.41) is 5.55. The average molecular weight is 458 g/mol. The van der Waals surface area contributed by atoms with Crippen LogP contribution in [0.3, 0.4) is 0 Å². The molecule has 4 N–H and O–H groups in total. The lowest BCUT2D eigenvalue weighted by molar-refractivity contribution is -0.141. The van der Waals surface area contributed by atoms with Crippen LogP contribution < -0.4 is 21.5 Å². The predicted molar refractivity (Wildman–Crippen MR) is 108 cm³/mol. The Morgan fingerprint density at radius 1 is 1.25 bits per heavy atom. The molecule has 9 nitrogen and oxygen atoms in total. The molecule has 5 atom stereocenters. The van der Waals surface area contributed by atoms with Crippen molar-refractivity contribution >= 4 is 12.0 Å². The Morgan fingerprint density at radius 3 is 2.75 bits per heavy atom. The largest absolute Gasteiger partial charge is 0.446 e. The topological polar surface area (TPSA) is 117 Å². The number of alkyl halides is 3. The van der Waals surface area contributed by atoms with E-state index in [1.165, 1.54) is 0 Å². The Hall–Kier alpha value is -2.47. The highest BCUT2D eigenvalue weighted by Crippen LogP contribution is 2.33. The van der Waals surface area contributed by atoms with Crippen molar-refractivity contribution in [2.24, 2.45) is 5.92 Å². The third-order valence-electron chi connectivity index (χ3n) is 5.83. The summed E-state index contributed by atoms with van der Waals surface area (Å²) in [6, 6.07) is 0.145. The number of rotatable bonds is 7. The zero-order valence-corrected chi connectivity index (χ0v) is 18.0. The quantitative estimate of drug-likeness (QED) is 0.494. The standard InChI is InChI=1S/C20H29F3N6O3/c1-3-11(2)25-19(31)32-14-5-4-12(6-14)15-8-17(29-28-15)27-18(30)7-13-9-24-10-16(26-13)20(21,22)23/h9-12,14-15,17,28-29H,3-8H2,1-2H3,(H,25,31)(H,27,30)/t11-,12-,14+,15?,17?/m0/s1. The van der Waals surface area contributed by atoms with Gasteiger partial charge in [0, 0.05) is 18.3 Å². The van der Waals surface area contributed by atoms with E-state index in [0.717, 1.165) is 31.9 Å². The van der Waals surface area contributed by atoms with Gasteiger partial charge in [0.15, 0.2) is 5.69 Å². The fourth-order valence-electron chi connectivity index (χ4n) is 3.96. The summed E-state index contributed by atoms with van der Waals surface area (Å²) in [4.78, 5) is 31.1. The molecule has 3 rings (SSSR count). The molecule has 1 saturated heterocycles. The van der Waals surface area contributed by atoms with E-state index in [-0.39, 0.29) is 42.4 Å². The predicted octanol–water partition coefficient (Wildman–Crippen LogP) is 2.04. The van der Waals surface area contributed by atoms with Crippen molar-refractivity contribution in [2.75, 3.05) is 0 Å². The lowest BCUT2D eigenvalue weighted by Crippen LogP contribution is -2.45. The Balaban J connectivity index is 1.42. The SMILES string of the molecule is CC[C@H](C)NC(=O)O[C@@H]1CC[C@H](C2CC(NC(=O)Cc3cncc(C(F)(F)F)n3)NN2)C1. The normalized spacial score (nSPS) is 26.5. The molecular weight excluding hydrogens is 429 g/mol. The van der Waals surface area contributed by atoms with Gasteiger partial charge < -0.3 is 15.4 Å². The summed E-state index contributed by atoms with van der Waals surface area (Å²) >= 11 is 0. The number of ether oxygens (including phenoxy) is 1. The van der Waals surface area contributed by atoms with Crippen LogP contribution in [0.15, 0.2) is 12.4 Å². The minimum Gasteiger partial charge on any atom is -0.446 e. The first-order valence-corrected chi connectivity index (χ1v) is 10.8. The van der Waals surface area contributed by atoms with Crippen LogP contribution in [-0.2, 0) is 22.1 Å². The molecular formula is C20H29F3N6O3. The Kier molecular flexibility index (Phi) is 7.88. The van der Waals surface area contributed by atoms with Crippen LogP contribution in [0.5, 0.6) is 0 Å². The van der Waals surface area contributed by atoms with Gasteiger partial charge in [-0.15, -0.1) is 0 Å². The molecule has 1 aliphatic carbocycles. The third-order valence-corrected chi connectivity index (χ3v) is 5.83. The molecule has 1 aromatic heterocycles. The van der Waals surface area contributed by atoms with Gasteiger partial charge in [-0.25, -0.2) is 15.2 Å². The molecule has 1 aliphatic heterocycles. The lowest BCUT2D eigenvalue weighted by atomic mass is 9.96. The van der Waals surface area contributed by atoms with Gasteiger partial charge in [-0.3, -0.25) is 15.2 Å². The van der Waals surface area contributed by atoms with E-state index in [1.807, 2.05) is 13.8 Å². The van der Waals surface area contributed by atoms with Gasteiger partial charge in [0.05, 0.1) is 24.5 Å². The summed E-state index contributed by atoms with van der Waals surface area (Å²) in [6.45, 7) is 3.90. The number of hydrogen-bond acceptors (Lipinski definition) is 7. The van der Waals surface area contributed by atoms with Crippen LogP contribution in [0.2, 0.25) is 0 Å². The van der Waals surface area contributed by atoms with Gasteiger partial charge in [0.1, 0.15) is 6.10 Å². The summed E-state index contributed by atoms with van der Waals surface area (Å²) < 4.78 is 43.7. The smallest absolute Gasteiger partial charge is 0.434 e. The van der Waals surface area contributed by atoms with Crippen LogP contribution in [0.1, 0.15) is 57.3 Å². The van der Waals surface area contributed by atoms with E-state index in [9.17, 15) is 22.8 Å². The summed E-state index contributed by atoms with van der Waals surface area (Å²) in [5.74, 6) is -0.173. The van der Waals surface area contributed by atoms with Crippen LogP contribution in [0, 0.1) is 5.92 Å². The molecule has 0 spiro atoms. The molecule has 1 saturated carbocycles. The van der Waals surface area contributed by atoms with Gasteiger partial charge >= 0.3 is 12.3 Å². The number of amides is 2. The molecule has 2 aliphatic rings. The molecule has 2 unspecified atom stereocenters. The zero-order valence-electron chi connectivity index (χ0n) is 18.0. The number of alkyl carbamates (subject to hydrolysis) is 1. The summed E-state index contributed by atoms with van der Waals surface area (Å²) in [5.41, 5.74) is 5.00. The van der Waals surface area contributed by atoms with Crippen LogP contribution >= 0.6 is 0 Å². The highest BCUT2D eigenvalue weighted by Gasteiger charge is 2.37. The maximum absolute atomic E-state index is 12.7. The lowest BCUT2D eigenvalue weighted by Gasteiger charge is -2.19. The monoisotopic (exact) mass is 458 g/mol. The van der Waals surface area contributed by atoms with E-state index in [4.69, 9.17) is 4.74 Å². The molecule has 0 radical (unpaired) electrons. The number of carbonyl (C=O) groups is 2. The van der Waals surface area contributed by atoms with Gasteiger partial charge in [-0.1, -0.05) is 6.92 Å². The number of halogens is 3. The first-order valence-electron chi connectivity index (χ1n) is 10.8. The summed E-state index contributed by atoms with van der Waals surface area (Å²) in [6.07, 6.45) is -0.203. The van der Waals surface area contributed by atoms with E-state index in [0.29, 0.717) is 12.6 Å². The molecule has 12 heteroatoms. The zero-order chi connectivity index (χ0) is 23.3. The Bertz CT molecular complexity index is 809. The molecule has 2 fully saturated rings. The Morgan fingerprint density at radius 2 is 2.03 bits per heavy atom. The van der Waals surface area contributed by atoms with Gasteiger partial charge in [-0.2, -0.15) is 13.2 Å². The Labute approximate surface area is 184 Å². The third kappa shape index (κ3) is 6.76. The molecule has 1 aromatic rings. The number of nitrogens with one attached hydrogen (secondary N) is 4. The molecule has 2 heterocycles. The van der Waals surface area contributed by atoms with Gasteiger partial charge in [-0.05, 0) is 44.9 Å². The van der Waals surface area contributed by atoms with Gasteiger partial charge in [0.2, 0.25) is 5.91 Å². The fraction of sp³-hybridized carbons (Fsp3) is 0.700. The fourth-order valence-corrected chi connectivity index (χ4v) is 3.96. The second-order valence-corrected chi connectivity index (χ2v) is 8.38. The number of carbonyl (C=O) groups excluding carboxylic acids is 2. The molecule has 32 heavy (non-hydrogen) atoms. The van der Waals surface area contributed by atoms with Crippen molar-refractivity contribution < 1.29 is 27.5 Å². The highest BCUT2D eigenvalue weighted by molar-refractivity contribution is 5.78. The first kappa shape index (κ1) is 24.2. The number of nitrogens with zero attached hydrogens (tertiary/aromatic N) is 2. The van der Waals surface area contributed by atoms with Crippen molar-refractivity contribution in [3.05, 3.63) is 23.8 Å². The van der Waals surface area contributed by atoms with Crippen molar-refractivity contribution in [2.45, 2.75) is 82.9 Å². The number of hydrogen-bond donors (Lipinski definition) is 4. The van der Waals surface area contributed by atoms with E-state index in [1.54, 1.807) is 0 Å². The molecule has 178 valence electrons. The van der Waals surface area contributed by atoms with E-state index >= 15 is 0 Å².